The quantitative estimate of drug-likeness (QED) is 0.264. The van der Waals surface area contributed by atoms with Crippen LogP contribution in [0.1, 0.15) is 51.9 Å². The predicted molar refractivity (Wildman–Crippen MR) is 95.9 cm³/mol. The van der Waals surface area contributed by atoms with Gasteiger partial charge < -0.3 is 14.9 Å². The largest absolute Gasteiger partial charge is 0.466 e. The van der Waals surface area contributed by atoms with E-state index < -0.39 is 12.2 Å². The van der Waals surface area contributed by atoms with Gasteiger partial charge in [0.15, 0.2) is 0 Å². The normalized spacial score (nSPS) is 12.5. The smallest absolute Gasteiger partial charge is 0.302 e. The van der Waals surface area contributed by atoms with Crippen LogP contribution in [0, 0.1) is 23.7 Å². The molecule has 0 aliphatic carbocycles. The van der Waals surface area contributed by atoms with Crippen LogP contribution in [0.25, 0.3) is 0 Å². The van der Waals surface area contributed by atoms with Gasteiger partial charge >= 0.3 is 5.97 Å². The van der Waals surface area contributed by atoms with Crippen LogP contribution in [-0.4, -0.2) is 35.0 Å². The molecule has 0 saturated carbocycles. The molecule has 0 aromatic heterocycles. The zero-order chi connectivity index (χ0) is 18.0. The number of esters is 1. The van der Waals surface area contributed by atoms with Gasteiger partial charge in [-0.25, -0.2) is 0 Å². The Morgan fingerprint density at radius 1 is 1.04 bits per heavy atom. The van der Waals surface area contributed by atoms with E-state index in [4.69, 9.17) is 9.84 Å². The third kappa shape index (κ3) is 16.4. The molecule has 0 fully saturated rings. The van der Waals surface area contributed by atoms with E-state index in [0.717, 1.165) is 44.9 Å². The highest BCUT2D eigenvalue weighted by Crippen LogP contribution is 2.08. The molecule has 0 radical (unpaired) electrons. The van der Waals surface area contributed by atoms with Crippen LogP contribution in [-0.2, 0) is 9.53 Å². The summed E-state index contributed by atoms with van der Waals surface area (Å²) in [7, 11) is 0. The molecule has 2 N–H and O–H groups in total. The second-order valence-electron chi connectivity index (χ2n) is 5.34. The van der Waals surface area contributed by atoms with Gasteiger partial charge in [-0.15, -0.1) is 0 Å². The van der Waals surface area contributed by atoms with Crippen LogP contribution < -0.4 is 0 Å². The molecule has 0 unspecified atom stereocenters. The summed E-state index contributed by atoms with van der Waals surface area (Å²) in [6.45, 7) is 5.34. The lowest BCUT2D eigenvalue weighted by molar-refractivity contribution is -0.141. The average Bonchev–Trinajstić information content (AvgIpc) is 2.56. The molecule has 0 heterocycles. The molecule has 0 aromatic rings. The fourth-order valence-electron chi connectivity index (χ4n) is 1.84. The Morgan fingerprint density at radius 3 is 2.25 bits per heavy atom. The minimum atomic E-state index is -0.881. The average molecular weight is 332 g/mol. The second-order valence-corrected chi connectivity index (χ2v) is 5.34. The number of allylic oxidation sites excluding steroid dienone is 1. The van der Waals surface area contributed by atoms with Crippen molar-refractivity contribution in [3.05, 3.63) is 24.8 Å². The zero-order valence-corrected chi connectivity index (χ0v) is 14.5. The van der Waals surface area contributed by atoms with Crippen LogP contribution in [0.15, 0.2) is 24.8 Å². The summed E-state index contributed by atoms with van der Waals surface area (Å²) >= 11 is 0. The highest BCUT2D eigenvalue weighted by molar-refractivity contribution is 5.65. The molecule has 0 aliphatic rings. The number of carbonyl (C=O) groups excluding carboxylic acids is 1. The van der Waals surface area contributed by atoms with Crippen molar-refractivity contribution in [2.75, 3.05) is 6.61 Å². The van der Waals surface area contributed by atoms with Crippen molar-refractivity contribution < 1.29 is 19.7 Å². The van der Waals surface area contributed by atoms with E-state index in [1.165, 1.54) is 13.0 Å². The standard InChI is InChI=1S/C20H28O4/c1-3-19(22)14-11-12-16-20(23)15-10-8-6-4-5-7-9-13-17-24-18(2)21/h3,10,15,19-20,22-23H,1,4-9,13,17H2,2H3/b15-10+/t19-,20-/m1/s1. The Labute approximate surface area is 145 Å². The van der Waals surface area contributed by atoms with E-state index in [2.05, 4.69) is 30.3 Å². The van der Waals surface area contributed by atoms with E-state index in [1.807, 2.05) is 6.08 Å². The maximum atomic E-state index is 10.6. The van der Waals surface area contributed by atoms with E-state index in [1.54, 1.807) is 6.08 Å². The van der Waals surface area contributed by atoms with Crippen molar-refractivity contribution in [1.29, 1.82) is 0 Å². The van der Waals surface area contributed by atoms with Gasteiger partial charge in [0.2, 0.25) is 0 Å². The molecule has 0 aliphatic heterocycles. The monoisotopic (exact) mass is 332 g/mol. The molecule has 4 heteroatoms. The summed E-state index contributed by atoms with van der Waals surface area (Å²) in [6.07, 6.45) is 10.6. The van der Waals surface area contributed by atoms with Gasteiger partial charge in [0.25, 0.3) is 0 Å². The summed E-state index contributed by atoms with van der Waals surface area (Å²) in [5, 5.41) is 18.7. The van der Waals surface area contributed by atoms with Gasteiger partial charge in [0, 0.05) is 6.92 Å². The Hall–Kier alpha value is -2.01. The van der Waals surface area contributed by atoms with Crippen molar-refractivity contribution >= 4 is 5.97 Å². The maximum absolute atomic E-state index is 10.6. The summed E-state index contributed by atoms with van der Waals surface area (Å²) < 4.78 is 4.87. The van der Waals surface area contributed by atoms with Gasteiger partial charge in [-0.05, 0) is 37.2 Å². The maximum Gasteiger partial charge on any atom is 0.302 e. The topological polar surface area (TPSA) is 66.8 Å². The fourth-order valence-corrected chi connectivity index (χ4v) is 1.84. The molecule has 0 spiro atoms. The predicted octanol–water partition coefficient (Wildman–Crippen LogP) is 2.75. The van der Waals surface area contributed by atoms with Crippen LogP contribution in [0.3, 0.4) is 0 Å². The first-order valence-electron chi connectivity index (χ1n) is 8.36. The third-order valence-corrected chi connectivity index (χ3v) is 3.11. The Morgan fingerprint density at radius 2 is 1.62 bits per heavy atom. The molecule has 0 amide bonds. The van der Waals surface area contributed by atoms with E-state index in [0.29, 0.717) is 6.61 Å². The molecular formula is C20H28O4. The number of hydrogen-bond donors (Lipinski definition) is 2. The third-order valence-electron chi connectivity index (χ3n) is 3.11. The number of hydrogen-bond acceptors (Lipinski definition) is 4. The number of rotatable bonds is 11. The van der Waals surface area contributed by atoms with Crippen LogP contribution in [0.5, 0.6) is 0 Å². The molecular weight excluding hydrogens is 304 g/mol. The number of unbranched alkanes of at least 4 members (excludes halogenated alkanes) is 6. The lowest BCUT2D eigenvalue weighted by atomic mass is 10.1. The molecule has 0 aromatic carbocycles. The van der Waals surface area contributed by atoms with Crippen LogP contribution in [0.2, 0.25) is 0 Å². The van der Waals surface area contributed by atoms with E-state index >= 15 is 0 Å². The Kier molecular flexibility index (Phi) is 14.5. The Bertz CT molecular complexity index is 499. The lowest BCUT2D eigenvalue weighted by Crippen LogP contribution is -2.00. The first kappa shape index (κ1) is 22.0. The molecule has 24 heavy (non-hydrogen) atoms. The highest BCUT2D eigenvalue weighted by atomic mass is 16.5. The molecule has 0 saturated heterocycles. The number of ether oxygens (including phenoxy) is 1. The van der Waals surface area contributed by atoms with Gasteiger partial charge in [-0.1, -0.05) is 56.3 Å². The zero-order valence-electron chi connectivity index (χ0n) is 14.5. The second kappa shape index (κ2) is 15.9. The van der Waals surface area contributed by atoms with Crippen molar-refractivity contribution in [3.63, 3.8) is 0 Å². The number of aliphatic hydroxyl groups is 2. The summed E-state index contributed by atoms with van der Waals surface area (Å²) in [4.78, 5) is 10.6. The van der Waals surface area contributed by atoms with Crippen molar-refractivity contribution in [1.82, 2.24) is 0 Å². The molecule has 4 nitrogen and oxygen atoms in total. The minimum Gasteiger partial charge on any atom is -0.466 e. The van der Waals surface area contributed by atoms with Gasteiger partial charge in [0.05, 0.1) is 6.61 Å². The summed E-state index contributed by atoms with van der Waals surface area (Å²) in [5.74, 6) is 9.76. The molecule has 2 atom stereocenters. The highest BCUT2D eigenvalue weighted by Gasteiger charge is 1.94. The van der Waals surface area contributed by atoms with E-state index in [-0.39, 0.29) is 5.97 Å². The van der Waals surface area contributed by atoms with Gasteiger partial charge in [-0.2, -0.15) is 0 Å². The molecule has 0 rings (SSSR count). The fraction of sp³-hybridized carbons (Fsp3) is 0.550. The lowest BCUT2D eigenvalue weighted by Gasteiger charge is -2.02. The van der Waals surface area contributed by atoms with Gasteiger partial charge in [-0.3, -0.25) is 4.79 Å². The molecule has 0 bridgehead atoms. The van der Waals surface area contributed by atoms with Crippen LogP contribution in [0.4, 0.5) is 0 Å². The number of carbonyl (C=O) groups is 1. The van der Waals surface area contributed by atoms with Crippen molar-refractivity contribution in [2.24, 2.45) is 0 Å². The van der Waals surface area contributed by atoms with Gasteiger partial charge in [0.1, 0.15) is 12.2 Å². The summed E-state index contributed by atoms with van der Waals surface area (Å²) in [5.41, 5.74) is 0. The van der Waals surface area contributed by atoms with E-state index in [9.17, 15) is 9.90 Å². The van der Waals surface area contributed by atoms with Crippen molar-refractivity contribution in [2.45, 2.75) is 64.1 Å². The molecule has 132 valence electrons. The first-order valence-corrected chi connectivity index (χ1v) is 8.36. The first-order chi connectivity index (χ1) is 11.6. The van der Waals surface area contributed by atoms with Crippen molar-refractivity contribution in [3.8, 4) is 23.7 Å². The minimum absolute atomic E-state index is 0.213. The SMILES string of the molecule is C=C[C@@H](O)C#CC#C[C@H](O)/C=C/CCCCCCCCOC(C)=O. The Balaban J connectivity index is 3.57. The van der Waals surface area contributed by atoms with Crippen LogP contribution >= 0.6 is 0 Å². The number of aliphatic hydroxyl groups excluding tert-OH is 2. The summed E-state index contributed by atoms with van der Waals surface area (Å²) in [6, 6.07) is 0.